The van der Waals surface area contributed by atoms with Crippen LogP contribution in [-0.4, -0.2) is 70.8 Å². The smallest absolute Gasteiger partial charge is 0.342 e. The van der Waals surface area contributed by atoms with Crippen molar-refractivity contribution in [1.29, 1.82) is 0 Å². The number of imidazole rings is 1. The van der Waals surface area contributed by atoms with Gasteiger partial charge in [-0.25, -0.2) is 20.0 Å². The van der Waals surface area contributed by atoms with Crippen LogP contribution < -0.4 is 25.4 Å². The van der Waals surface area contributed by atoms with Crippen LogP contribution >= 0.6 is 7.52 Å². The number of amides is 1. The molecule has 0 saturated heterocycles. The van der Waals surface area contributed by atoms with E-state index >= 15 is 0 Å². The SMILES string of the molecule is COC[C@H](NP(=O)(CO[C@H](C)Cn1cnc2c(N)ncnc21)Oc1ccc(OC)cc1)C(=O)NC(C)C. The first-order chi connectivity index (χ1) is 17.6. The minimum Gasteiger partial charge on any atom is -0.497 e. The number of carbonyl (C=O) groups is 1. The van der Waals surface area contributed by atoms with E-state index in [1.807, 2.05) is 20.8 Å². The monoisotopic (exact) mass is 535 g/mol. The Bertz CT molecular complexity index is 1220. The zero-order valence-electron chi connectivity index (χ0n) is 21.6. The highest BCUT2D eigenvalue weighted by Gasteiger charge is 2.33. The van der Waals surface area contributed by atoms with Crippen molar-refractivity contribution in [2.75, 3.05) is 32.9 Å². The van der Waals surface area contributed by atoms with E-state index in [1.165, 1.54) is 13.4 Å². The first-order valence-electron chi connectivity index (χ1n) is 11.7. The van der Waals surface area contributed by atoms with Gasteiger partial charge >= 0.3 is 7.52 Å². The van der Waals surface area contributed by atoms with Crippen LogP contribution in [0.1, 0.15) is 20.8 Å². The number of fused-ring (bicyclic) bond motifs is 1. The summed E-state index contributed by atoms with van der Waals surface area (Å²) in [6.07, 6.45) is 2.21. The maximum atomic E-state index is 14.0. The predicted molar refractivity (Wildman–Crippen MR) is 138 cm³/mol. The Hall–Kier alpha value is -3.25. The molecule has 3 rings (SSSR count). The van der Waals surface area contributed by atoms with E-state index in [4.69, 9.17) is 24.5 Å². The van der Waals surface area contributed by atoms with E-state index in [0.717, 1.165) is 0 Å². The molecule has 0 aliphatic heterocycles. The van der Waals surface area contributed by atoms with E-state index in [0.29, 0.717) is 29.2 Å². The first-order valence-corrected chi connectivity index (χ1v) is 13.5. The number of benzene rings is 1. The second-order valence-electron chi connectivity index (χ2n) is 8.67. The Morgan fingerprint density at radius 3 is 2.46 bits per heavy atom. The number of nitrogens with two attached hydrogens (primary N) is 1. The number of nitrogens with one attached hydrogen (secondary N) is 2. The molecule has 0 saturated carbocycles. The zero-order valence-corrected chi connectivity index (χ0v) is 22.5. The quantitative estimate of drug-likeness (QED) is 0.259. The Labute approximate surface area is 215 Å². The van der Waals surface area contributed by atoms with Gasteiger partial charge in [0.2, 0.25) is 5.91 Å². The van der Waals surface area contributed by atoms with Crippen molar-refractivity contribution in [2.24, 2.45) is 0 Å². The van der Waals surface area contributed by atoms with Crippen molar-refractivity contribution in [3.05, 3.63) is 36.9 Å². The van der Waals surface area contributed by atoms with E-state index in [9.17, 15) is 9.36 Å². The number of rotatable bonds is 14. The van der Waals surface area contributed by atoms with Gasteiger partial charge < -0.3 is 34.4 Å². The maximum absolute atomic E-state index is 14.0. The summed E-state index contributed by atoms with van der Waals surface area (Å²) in [5, 5.41) is 5.65. The molecule has 14 heteroatoms. The van der Waals surface area contributed by atoms with Gasteiger partial charge in [0.15, 0.2) is 11.5 Å². The Kier molecular flexibility index (Phi) is 9.81. The summed E-state index contributed by atoms with van der Waals surface area (Å²) >= 11 is 0. The van der Waals surface area contributed by atoms with Gasteiger partial charge in [-0.3, -0.25) is 9.36 Å². The van der Waals surface area contributed by atoms with Crippen molar-refractivity contribution in [3.8, 4) is 11.5 Å². The summed E-state index contributed by atoms with van der Waals surface area (Å²) in [7, 11) is -0.771. The van der Waals surface area contributed by atoms with Crippen molar-refractivity contribution >= 4 is 30.4 Å². The van der Waals surface area contributed by atoms with Gasteiger partial charge in [-0.15, -0.1) is 0 Å². The Balaban J connectivity index is 1.77. The number of hydrogen-bond acceptors (Lipinski definition) is 10. The van der Waals surface area contributed by atoms with Gasteiger partial charge in [-0.2, -0.15) is 0 Å². The second kappa shape index (κ2) is 12.8. The van der Waals surface area contributed by atoms with Crippen molar-refractivity contribution in [3.63, 3.8) is 0 Å². The van der Waals surface area contributed by atoms with Gasteiger partial charge in [-0.05, 0) is 45.0 Å². The van der Waals surface area contributed by atoms with Gasteiger partial charge in [-0.1, -0.05) is 0 Å². The number of hydrogen-bond donors (Lipinski definition) is 3. The van der Waals surface area contributed by atoms with Crippen molar-refractivity contribution in [2.45, 2.75) is 45.5 Å². The number of nitrogen functional groups attached to an aromatic ring is 1. The van der Waals surface area contributed by atoms with E-state index < -0.39 is 19.7 Å². The summed E-state index contributed by atoms with van der Waals surface area (Å²) in [5.74, 6) is 0.847. The molecule has 1 unspecified atom stereocenters. The molecule has 0 spiro atoms. The fourth-order valence-electron chi connectivity index (χ4n) is 3.45. The molecule has 3 atom stereocenters. The molecule has 0 fully saturated rings. The molecular weight excluding hydrogens is 501 g/mol. The molecule has 1 aromatic carbocycles. The molecule has 13 nitrogen and oxygen atoms in total. The average molecular weight is 536 g/mol. The standard InChI is InChI=1S/C23H34N7O6P/c1-15(2)28-23(31)19(11-33-4)29-37(32,36-18-8-6-17(34-5)7-9-18)14-35-16(3)10-30-13-27-20-21(24)25-12-26-22(20)30/h6-9,12-13,15-16,19H,10-11,14H2,1-5H3,(H,28,31)(H,29,32)(H2,24,25,26)/t16-,19+,37?/m1/s1. The molecule has 0 aliphatic rings. The lowest BCUT2D eigenvalue weighted by atomic mass is 10.3. The molecule has 0 radical (unpaired) electrons. The van der Waals surface area contributed by atoms with Crippen LogP contribution in [0.15, 0.2) is 36.9 Å². The molecule has 2 heterocycles. The van der Waals surface area contributed by atoms with Crippen LogP contribution in [0.3, 0.4) is 0 Å². The second-order valence-corrected chi connectivity index (χ2v) is 10.7. The fourth-order valence-corrected chi connectivity index (χ4v) is 5.20. The maximum Gasteiger partial charge on any atom is 0.342 e. The highest BCUT2D eigenvalue weighted by molar-refractivity contribution is 7.57. The van der Waals surface area contributed by atoms with E-state index in [1.54, 1.807) is 42.3 Å². The summed E-state index contributed by atoms with van der Waals surface area (Å²) in [6, 6.07) is 5.55. The fraction of sp³-hybridized carbons (Fsp3) is 0.478. The third-order valence-electron chi connectivity index (χ3n) is 5.16. The molecule has 202 valence electrons. The predicted octanol–water partition coefficient (Wildman–Crippen LogP) is 2.18. The van der Waals surface area contributed by atoms with Crippen molar-refractivity contribution in [1.82, 2.24) is 29.9 Å². The highest BCUT2D eigenvalue weighted by atomic mass is 31.2. The van der Waals surface area contributed by atoms with Crippen LogP contribution in [0.2, 0.25) is 0 Å². The topological polar surface area (TPSA) is 165 Å². The summed E-state index contributed by atoms with van der Waals surface area (Å²) in [4.78, 5) is 25.2. The summed E-state index contributed by atoms with van der Waals surface area (Å²) in [6.45, 7) is 5.81. The lowest BCUT2D eigenvalue weighted by Gasteiger charge is -2.27. The van der Waals surface area contributed by atoms with Crippen LogP contribution in [0.25, 0.3) is 11.2 Å². The summed E-state index contributed by atoms with van der Waals surface area (Å²) < 4.78 is 37.9. The van der Waals surface area contributed by atoms with Crippen LogP contribution in [0.4, 0.5) is 5.82 Å². The Morgan fingerprint density at radius 1 is 1.11 bits per heavy atom. The lowest BCUT2D eigenvalue weighted by Crippen LogP contribution is -2.48. The molecule has 4 N–H and O–H groups in total. The molecule has 37 heavy (non-hydrogen) atoms. The van der Waals surface area contributed by atoms with Crippen LogP contribution in [0.5, 0.6) is 11.5 Å². The number of nitrogens with zero attached hydrogens (tertiary/aromatic N) is 4. The van der Waals surface area contributed by atoms with E-state index in [-0.39, 0.29) is 30.7 Å². The first kappa shape index (κ1) is 28.3. The third kappa shape index (κ3) is 7.86. The molecular formula is C23H34N7O6P. The largest absolute Gasteiger partial charge is 0.497 e. The Morgan fingerprint density at radius 2 is 1.81 bits per heavy atom. The zero-order chi connectivity index (χ0) is 27.0. The molecule has 0 bridgehead atoms. The molecule has 1 amide bonds. The minimum absolute atomic E-state index is 0.0216. The normalized spacial score (nSPS) is 14.8. The van der Waals surface area contributed by atoms with Gasteiger partial charge in [0.05, 0.1) is 32.7 Å². The van der Waals surface area contributed by atoms with Gasteiger partial charge in [0.1, 0.15) is 35.7 Å². The van der Waals surface area contributed by atoms with E-state index in [2.05, 4.69) is 25.4 Å². The number of carbonyl (C=O) groups excluding carboxylic acids is 1. The minimum atomic E-state index is -3.77. The molecule has 0 aliphatic carbocycles. The number of anilines is 1. The molecule has 2 aromatic heterocycles. The summed E-state index contributed by atoms with van der Waals surface area (Å²) in [5.41, 5.74) is 6.91. The average Bonchev–Trinajstić information content (AvgIpc) is 3.26. The highest BCUT2D eigenvalue weighted by Crippen LogP contribution is 2.44. The lowest BCUT2D eigenvalue weighted by molar-refractivity contribution is -0.124. The van der Waals surface area contributed by atoms with Crippen molar-refractivity contribution < 1.29 is 28.1 Å². The number of aromatic nitrogens is 4. The van der Waals surface area contributed by atoms with Crippen LogP contribution in [-0.2, 0) is 25.4 Å². The van der Waals surface area contributed by atoms with Gasteiger partial charge in [0.25, 0.3) is 0 Å². The number of methoxy groups -OCH3 is 2. The third-order valence-corrected chi connectivity index (χ3v) is 6.86. The van der Waals surface area contributed by atoms with Gasteiger partial charge in [0, 0.05) is 13.2 Å². The number of ether oxygens (including phenoxy) is 3. The van der Waals surface area contributed by atoms with Crippen LogP contribution in [0, 0.1) is 0 Å². The molecule has 3 aromatic rings.